The predicted molar refractivity (Wildman–Crippen MR) is 204 cm³/mol. The van der Waals surface area contributed by atoms with Crippen molar-refractivity contribution < 1.29 is 38.4 Å². The molecule has 2 aromatic rings. The van der Waals surface area contributed by atoms with E-state index in [-0.39, 0.29) is 11.1 Å². The zero-order valence-corrected chi connectivity index (χ0v) is 32.0. The maximum Gasteiger partial charge on any atom is 0.336 e. The smallest absolute Gasteiger partial charge is 0.336 e. The van der Waals surface area contributed by atoms with Gasteiger partial charge in [-0.1, -0.05) is 132 Å². The molecule has 0 spiro atoms. The number of alkyl halides is 1. The molecule has 2 saturated heterocycles. The van der Waals surface area contributed by atoms with Crippen molar-refractivity contribution in [3.63, 3.8) is 0 Å². The molecule has 2 N–H and O–H groups in total. The molecule has 2 aliphatic heterocycles. The van der Waals surface area contributed by atoms with Gasteiger partial charge in [-0.25, -0.2) is 4.79 Å². The van der Waals surface area contributed by atoms with Gasteiger partial charge < -0.3 is 24.4 Å². The molecule has 0 aliphatic carbocycles. The number of aliphatic carboxylic acids is 1. The molecule has 10 heteroatoms. The number of allylic oxidation sites excluding steroid dienone is 1. The van der Waals surface area contributed by atoms with Gasteiger partial charge in [0.05, 0.1) is 31.8 Å². The van der Waals surface area contributed by atoms with Crippen LogP contribution in [0.2, 0.25) is 0 Å². The molecule has 0 unspecified atom stereocenters. The van der Waals surface area contributed by atoms with Gasteiger partial charge in [0, 0.05) is 30.4 Å². The second-order valence-electron chi connectivity index (χ2n) is 14.5. The number of carboxylic acid groups (broad SMARTS) is 1. The van der Waals surface area contributed by atoms with Crippen molar-refractivity contribution in [1.29, 1.82) is 0 Å². The summed E-state index contributed by atoms with van der Waals surface area (Å²) in [5.41, 5.74) is -2.37. The van der Waals surface area contributed by atoms with E-state index in [0.717, 1.165) is 56.1 Å². The SMILES string of the molecule is CCCCCCCC1(CCCCCC/C=C/[C@H](C(=O)N2C(=S)OC(c3ccccc3)(c3ccccc3)[C@@H]2C(C)C)[C@@](O)(CCF)C(=O)O)OCCO1. The number of amides is 1. The van der Waals surface area contributed by atoms with Crippen molar-refractivity contribution >= 4 is 29.3 Å². The number of hydrogen-bond acceptors (Lipinski definition) is 7. The number of thiocarbonyl (C=S) groups is 1. The molecule has 2 aliphatic rings. The number of unbranched alkanes of at least 4 members (excludes halogenated alkanes) is 8. The second kappa shape index (κ2) is 19.8. The Bertz CT molecular complexity index is 1410. The van der Waals surface area contributed by atoms with Crippen molar-refractivity contribution in [3.05, 3.63) is 83.9 Å². The van der Waals surface area contributed by atoms with E-state index in [4.69, 9.17) is 26.4 Å². The highest BCUT2D eigenvalue weighted by Crippen LogP contribution is 2.48. The quantitative estimate of drug-likeness (QED) is 0.0701. The lowest BCUT2D eigenvalue weighted by molar-refractivity contribution is -0.169. The van der Waals surface area contributed by atoms with Crippen LogP contribution in [0.5, 0.6) is 0 Å². The summed E-state index contributed by atoms with van der Waals surface area (Å²) in [5.74, 6) is -4.73. The first-order chi connectivity index (χ1) is 25.1. The second-order valence-corrected chi connectivity index (χ2v) is 14.9. The Kier molecular flexibility index (Phi) is 15.8. The standard InChI is InChI=1S/C42H58FNO7S/c1-4-5-6-10-19-26-40(49-30-31-50-40)27-20-11-8-7-9-18-25-35(41(48,28-29-43)38(46)47)37(45)44-36(32(2)3)42(51-39(44)52,33-21-14-12-15-22-33)34-23-16-13-17-24-34/h12-18,21-25,32,35-36,48H,4-11,19-20,26-31H2,1-3H3,(H,46,47)/b25-18+/t35-,36+,41+/m1/s1. The fraction of sp³-hybridized carbons (Fsp3) is 0.595. The van der Waals surface area contributed by atoms with Gasteiger partial charge in [0.15, 0.2) is 17.0 Å². The third-order valence-corrected chi connectivity index (χ3v) is 10.8. The number of rotatable bonds is 22. The molecule has 0 aromatic heterocycles. The number of halogens is 1. The summed E-state index contributed by atoms with van der Waals surface area (Å²) in [5, 5.41) is 21.6. The molecule has 0 bridgehead atoms. The van der Waals surface area contributed by atoms with Crippen LogP contribution in [-0.4, -0.2) is 69.5 Å². The van der Waals surface area contributed by atoms with E-state index in [2.05, 4.69) is 6.92 Å². The molecule has 4 rings (SSSR count). The third-order valence-electron chi connectivity index (χ3n) is 10.5. The van der Waals surface area contributed by atoms with Gasteiger partial charge in [0.2, 0.25) is 5.91 Å². The third kappa shape index (κ3) is 9.67. The number of hydrogen-bond donors (Lipinski definition) is 2. The number of carbonyl (C=O) groups is 2. The maximum atomic E-state index is 14.7. The Labute approximate surface area is 314 Å². The van der Waals surface area contributed by atoms with Gasteiger partial charge in [-0.2, -0.15) is 0 Å². The molecule has 0 radical (unpaired) electrons. The average molecular weight is 740 g/mol. The Morgan fingerprint density at radius 1 is 0.923 bits per heavy atom. The lowest BCUT2D eigenvalue weighted by Gasteiger charge is -2.39. The van der Waals surface area contributed by atoms with E-state index >= 15 is 0 Å². The van der Waals surface area contributed by atoms with Crippen LogP contribution in [0.25, 0.3) is 0 Å². The van der Waals surface area contributed by atoms with Crippen LogP contribution in [0.4, 0.5) is 4.39 Å². The molecular formula is C42H58FNO7S. The van der Waals surface area contributed by atoms with Crippen molar-refractivity contribution in [3.8, 4) is 0 Å². The fourth-order valence-corrected chi connectivity index (χ4v) is 8.16. The number of aliphatic hydroxyl groups is 1. The summed E-state index contributed by atoms with van der Waals surface area (Å²) in [6, 6.07) is 18.3. The minimum absolute atomic E-state index is 0.128. The van der Waals surface area contributed by atoms with Gasteiger partial charge in [-0.05, 0) is 43.8 Å². The summed E-state index contributed by atoms with van der Waals surface area (Å²) in [4.78, 5) is 28.6. The van der Waals surface area contributed by atoms with Gasteiger partial charge in [0.25, 0.3) is 5.17 Å². The van der Waals surface area contributed by atoms with Crippen molar-refractivity contribution in [1.82, 2.24) is 4.90 Å². The first kappa shape index (κ1) is 41.6. The molecule has 8 nitrogen and oxygen atoms in total. The number of benzene rings is 2. The lowest BCUT2D eigenvalue weighted by Crippen LogP contribution is -2.57. The Hall–Kier alpha value is -3.18. The van der Waals surface area contributed by atoms with E-state index in [1.807, 2.05) is 74.5 Å². The topological polar surface area (TPSA) is 106 Å². The zero-order chi connectivity index (χ0) is 37.6. The number of carbonyl (C=O) groups excluding carboxylic acids is 1. The minimum Gasteiger partial charge on any atom is -0.479 e. The number of carboxylic acids is 1. The van der Waals surface area contributed by atoms with E-state index in [1.165, 1.54) is 36.7 Å². The molecule has 2 aromatic carbocycles. The monoisotopic (exact) mass is 739 g/mol. The highest BCUT2D eigenvalue weighted by Gasteiger charge is 2.60. The predicted octanol–water partition coefficient (Wildman–Crippen LogP) is 8.89. The number of nitrogens with zero attached hydrogens (tertiary/aromatic N) is 1. The van der Waals surface area contributed by atoms with Crippen LogP contribution in [0.15, 0.2) is 72.8 Å². The summed E-state index contributed by atoms with van der Waals surface area (Å²) in [6.45, 7) is 6.25. The number of ether oxygens (including phenoxy) is 3. The summed E-state index contributed by atoms with van der Waals surface area (Å²) in [7, 11) is 0. The Morgan fingerprint density at radius 2 is 1.46 bits per heavy atom. The van der Waals surface area contributed by atoms with Gasteiger partial charge in [-0.15, -0.1) is 0 Å². The van der Waals surface area contributed by atoms with Crippen LogP contribution in [0, 0.1) is 11.8 Å². The van der Waals surface area contributed by atoms with Crippen molar-refractivity contribution in [2.75, 3.05) is 19.9 Å². The first-order valence-electron chi connectivity index (χ1n) is 19.2. The fourth-order valence-electron chi connectivity index (χ4n) is 7.82. The lowest BCUT2D eigenvalue weighted by atomic mass is 9.75. The molecular weight excluding hydrogens is 682 g/mol. The normalized spacial score (nSPS) is 19.9. The van der Waals surface area contributed by atoms with Gasteiger partial charge >= 0.3 is 5.97 Å². The summed E-state index contributed by atoms with van der Waals surface area (Å²) < 4.78 is 32.6. The van der Waals surface area contributed by atoms with Crippen molar-refractivity contribution in [2.24, 2.45) is 11.8 Å². The van der Waals surface area contributed by atoms with E-state index < -0.39 is 53.9 Å². The van der Waals surface area contributed by atoms with E-state index in [9.17, 15) is 24.2 Å². The molecule has 2 fully saturated rings. The summed E-state index contributed by atoms with van der Waals surface area (Å²) in [6.07, 6.45) is 14.3. The zero-order valence-electron chi connectivity index (χ0n) is 31.1. The first-order valence-corrected chi connectivity index (χ1v) is 19.6. The summed E-state index contributed by atoms with van der Waals surface area (Å²) >= 11 is 5.75. The molecule has 286 valence electrons. The van der Waals surface area contributed by atoms with Crippen molar-refractivity contribution in [2.45, 2.75) is 127 Å². The molecule has 2 heterocycles. The molecule has 1 amide bonds. The maximum absolute atomic E-state index is 14.7. The molecule has 0 saturated carbocycles. The highest BCUT2D eigenvalue weighted by atomic mass is 32.1. The van der Waals surface area contributed by atoms with Crippen LogP contribution < -0.4 is 0 Å². The average Bonchev–Trinajstić information content (AvgIpc) is 3.74. The van der Waals surface area contributed by atoms with E-state index in [1.54, 1.807) is 6.08 Å². The molecule has 3 atom stereocenters. The van der Waals surface area contributed by atoms with Gasteiger partial charge in [0.1, 0.15) is 0 Å². The minimum atomic E-state index is -2.70. The molecule has 52 heavy (non-hydrogen) atoms. The Balaban J connectivity index is 1.49. The Morgan fingerprint density at radius 3 is 1.96 bits per heavy atom. The van der Waals surface area contributed by atoms with E-state index in [0.29, 0.717) is 19.6 Å². The van der Waals surface area contributed by atoms with Crippen LogP contribution in [0.1, 0.15) is 115 Å². The highest BCUT2D eigenvalue weighted by molar-refractivity contribution is 7.80. The van der Waals surface area contributed by atoms with Crippen LogP contribution >= 0.6 is 12.2 Å². The largest absolute Gasteiger partial charge is 0.479 e. The van der Waals surface area contributed by atoms with Crippen LogP contribution in [0.3, 0.4) is 0 Å². The van der Waals surface area contributed by atoms with Gasteiger partial charge in [-0.3, -0.25) is 14.1 Å². The van der Waals surface area contributed by atoms with Crippen LogP contribution in [-0.2, 0) is 29.4 Å².